The molecule has 0 aliphatic carbocycles. The molecule has 5 nitrogen and oxygen atoms in total. The van der Waals surface area contributed by atoms with E-state index in [0.29, 0.717) is 5.56 Å². The van der Waals surface area contributed by atoms with Crippen molar-refractivity contribution in [3.05, 3.63) is 59.9 Å². The Morgan fingerprint density at radius 1 is 1.09 bits per heavy atom. The molecule has 6 heteroatoms. The van der Waals surface area contributed by atoms with Gasteiger partial charge in [0.05, 0.1) is 6.10 Å². The number of nitrogens with one attached hydrogen (secondary N) is 2. The van der Waals surface area contributed by atoms with Crippen molar-refractivity contribution in [2.24, 2.45) is 0 Å². The summed E-state index contributed by atoms with van der Waals surface area (Å²) < 4.78 is 19.1. The molecule has 3 amide bonds. The molecule has 0 aliphatic heterocycles. The number of ether oxygens (including phenoxy) is 1. The van der Waals surface area contributed by atoms with Gasteiger partial charge in [0.25, 0.3) is 5.91 Å². The Balaban J connectivity index is 1.98. The van der Waals surface area contributed by atoms with Gasteiger partial charge in [0.2, 0.25) is 0 Å². The summed E-state index contributed by atoms with van der Waals surface area (Å²) in [5.41, 5.74) is 0.575. The summed E-state index contributed by atoms with van der Waals surface area (Å²) in [6.45, 7) is 3.57. The Morgan fingerprint density at radius 2 is 1.78 bits per heavy atom. The molecule has 0 aliphatic rings. The fourth-order valence-corrected chi connectivity index (χ4v) is 1.86. The number of benzene rings is 2. The Bertz CT molecular complexity index is 702. The first kappa shape index (κ1) is 16.5. The first-order chi connectivity index (χ1) is 11.0. The molecule has 2 rings (SSSR count). The number of amides is 3. The molecule has 0 saturated carbocycles. The monoisotopic (exact) mass is 316 g/mol. The van der Waals surface area contributed by atoms with Gasteiger partial charge in [-0.1, -0.05) is 18.2 Å². The molecule has 0 atom stereocenters. The van der Waals surface area contributed by atoms with E-state index < -0.39 is 17.8 Å². The van der Waals surface area contributed by atoms with E-state index in [9.17, 15) is 14.0 Å². The van der Waals surface area contributed by atoms with E-state index in [0.717, 1.165) is 6.07 Å². The first-order valence-electron chi connectivity index (χ1n) is 7.09. The minimum atomic E-state index is -0.740. The summed E-state index contributed by atoms with van der Waals surface area (Å²) in [7, 11) is 0. The number of urea groups is 1. The number of hydrogen-bond donors (Lipinski definition) is 2. The van der Waals surface area contributed by atoms with Gasteiger partial charge in [0.1, 0.15) is 0 Å². The zero-order chi connectivity index (χ0) is 16.8. The third-order valence-electron chi connectivity index (χ3n) is 2.82. The Kier molecular flexibility index (Phi) is 5.30. The fourth-order valence-electron chi connectivity index (χ4n) is 1.86. The van der Waals surface area contributed by atoms with Crippen LogP contribution in [0.2, 0.25) is 0 Å². The van der Waals surface area contributed by atoms with Gasteiger partial charge in [-0.25, -0.2) is 9.18 Å². The minimum absolute atomic E-state index is 0.103. The molecular weight excluding hydrogens is 299 g/mol. The van der Waals surface area contributed by atoms with Crippen LogP contribution >= 0.6 is 0 Å². The number of hydrogen-bond acceptors (Lipinski definition) is 3. The molecule has 0 bridgehead atoms. The number of rotatable bonds is 4. The van der Waals surface area contributed by atoms with E-state index in [2.05, 4.69) is 10.6 Å². The molecule has 0 radical (unpaired) electrons. The van der Waals surface area contributed by atoms with Crippen LogP contribution in [0.5, 0.6) is 5.75 Å². The lowest BCUT2D eigenvalue weighted by Gasteiger charge is -2.12. The Labute approximate surface area is 133 Å². The van der Waals surface area contributed by atoms with E-state index in [1.807, 2.05) is 0 Å². The van der Waals surface area contributed by atoms with Gasteiger partial charge in [0.15, 0.2) is 11.6 Å². The van der Waals surface area contributed by atoms with Crippen molar-refractivity contribution in [1.82, 2.24) is 5.32 Å². The van der Waals surface area contributed by atoms with E-state index in [-0.39, 0.29) is 17.5 Å². The summed E-state index contributed by atoms with van der Waals surface area (Å²) >= 11 is 0. The average Bonchev–Trinajstić information content (AvgIpc) is 2.50. The first-order valence-corrected chi connectivity index (χ1v) is 7.09. The largest absolute Gasteiger partial charge is 0.488 e. The van der Waals surface area contributed by atoms with Gasteiger partial charge in [0, 0.05) is 17.3 Å². The maximum Gasteiger partial charge on any atom is 0.326 e. The van der Waals surface area contributed by atoms with E-state index in [1.165, 1.54) is 12.1 Å². The van der Waals surface area contributed by atoms with Crippen molar-refractivity contribution in [3.8, 4) is 5.75 Å². The molecule has 0 heterocycles. The van der Waals surface area contributed by atoms with Gasteiger partial charge < -0.3 is 10.1 Å². The second kappa shape index (κ2) is 7.40. The van der Waals surface area contributed by atoms with Crippen LogP contribution in [-0.4, -0.2) is 18.0 Å². The molecule has 0 aromatic heterocycles. The Hall–Kier alpha value is -2.89. The maximum atomic E-state index is 13.8. The summed E-state index contributed by atoms with van der Waals surface area (Å²) in [6.07, 6.45) is -0.157. The lowest BCUT2D eigenvalue weighted by molar-refractivity contribution is 0.0967. The number of carbonyl (C=O) groups is 2. The molecular formula is C17H17FN2O3. The van der Waals surface area contributed by atoms with Gasteiger partial charge in [-0.3, -0.25) is 10.1 Å². The molecule has 2 aromatic carbocycles. The molecule has 0 spiro atoms. The van der Waals surface area contributed by atoms with E-state index >= 15 is 0 Å². The topological polar surface area (TPSA) is 67.4 Å². The van der Waals surface area contributed by atoms with Crippen LogP contribution in [0, 0.1) is 5.82 Å². The van der Waals surface area contributed by atoms with Crippen LogP contribution in [0.25, 0.3) is 0 Å². The number of carbonyl (C=O) groups excluding carboxylic acids is 2. The highest BCUT2D eigenvalue weighted by Crippen LogP contribution is 2.22. The second-order valence-electron chi connectivity index (χ2n) is 5.09. The molecule has 2 aromatic rings. The smallest absolute Gasteiger partial charge is 0.326 e. The van der Waals surface area contributed by atoms with E-state index in [4.69, 9.17) is 4.74 Å². The van der Waals surface area contributed by atoms with Gasteiger partial charge >= 0.3 is 6.03 Å². The molecule has 0 fully saturated rings. The zero-order valence-electron chi connectivity index (χ0n) is 12.8. The van der Waals surface area contributed by atoms with Crippen molar-refractivity contribution >= 4 is 17.6 Å². The highest BCUT2D eigenvalue weighted by Gasteiger charge is 2.12. The molecule has 0 saturated heterocycles. The fraction of sp³-hybridized carbons (Fsp3) is 0.176. The Morgan fingerprint density at radius 3 is 2.39 bits per heavy atom. The SMILES string of the molecule is CC(C)Oc1ccc(NC(=O)NC(=O)c2ccccc2)cc1F. The van der Waals surface area contributed by atoms with Crippen molar-refractivity contribution < 1.29 is 18.7 Å². The summed E-state index contributed by atoms with van der Waals surface area (Å²) in [6, 6.07) is 11.6. The third-order valence-corrected chi connectivity index (χ3v) is 2.82. The van der Waals surface area contributed by atoms with E-state index in [1.54, 1.807) is 44.2 Å². The van der Waals surface area contributed by atoms with Crippen molar-refractivity contribution in [2.45, 2.75) is 20.0 Å². The summed E-state index contributed by atoms with van der Waals surface area (Å²) in [5.74, 6) is -1.03. The lowest BCUT2D eigenvalue weighted by atomic mass is 10.2. The molecule has 23 heavy (non-hydrogen) atoms. The average molecular weight is 316 g/mol. The minimum Gasteiger partial charge on any atom is -0.488 e. The van der Waals surface area contributed by atoms with Crippen LogP contribution in [0.3, 0.4) is 0 Å². The lowest BCUT2D eigenvalue weighted by Crippen LogP contribution is -2.34. The van der Waals surface area contributed by atoms with Crippen LogP contribution in [-0.2, 0) is 0 Å². The molecule has 0 unspecified atom stereocenters. The number of halogens is 1. The molecule has 2 N–H and O–H groups in total. The zero-order valence-corrected chi connectivity index (χ0v) is 12.8. The predicted molar refractivity (Wildman–Crippen MR) is 85.1 cm³/mol. The van der Waals surface area contributed by atoms with Gasteiger partial charge in [-0.15, -0.1) is 0 Å². The predicted octanol–water partition coefficient (Wildman–Crippen LogP) is 3.57. The van der Waals surface area contributed by atoms with Crippen LogP contribution in [0.15, 0.2) is 48.5 Å². The maximum absolute atomic E-state index is 13.8. The summed E-state index contributed by atoms with van der Waals surface area (Å²) in [4.78, 5) is 23.6. The highest BCUT2D eigenvalue weighted by atomic mass is 19.1. The van der Waals surface area contributed by atoms with Gasteiger partial charge in [-0.2, -0.15) is 0 Å². The van der Waals surface area contributed by atoms with Crippen LogP contribution in [0.1, 0.15) is 24.2 Å². The van der Waals surface area contributed by atoms with Crippen LogP contribution in [0.4, 0.5) is 14.9 Å². The van der Waals surface area contributed by atoms with Crippen molar-refractivity contribution in [3.63, 3.8) is 0 Å². The quantitative estimate of drug-likeness (QED) is 0.906. The normalized spacial score (nSPS) is 10.3. The second-order valence-corrected chi connectivity index (χ2v) is 5.09. The third kappa shape index (κ3) is 4.81. The number of anilines is 1. The van der Waals surface area contributed by atoms with Crippen LogP contribution < -0.4 is 15.4 Å². The standard InChI is InChI=1S/C17H17FN2O3/c1-11(2)23-15-9-8-13(10-14(15)18)19-17(22)20-16(21)12-6-4-3-5-7-12/h3-11H,1-2H3,(H2,19,20,21,22). The van der Waals surface area contributed by atoms with Crippen molar-refractivity contribution in [1.29, 1.82) is 0 Å². The highest BCUT2D eigenvalue weighted by molar-refractivity contribution is 6.07. The summed E-state index contributed by atoms with van der Waals surface area (Å²) in [5, 5.41) is 4.57. The molecule has 120 valence electrons. The van der Waals surface area contributed by atoms with Crippen molar-refractivity contribution in [2.75, 3.05) is 5.32 Å². The number of imide groups is 1. The van der Waals surface area contributed by atoms with Gasteiger partial charge in [-0.05, 0) is 38.1 Å².